The molecular formula is C14H15F3N4OS. The number of halogens is 3. The maximum Gasteiger partial charge on any atom is 0.433 e. The molecule has 0 spiro atoms. The van der Waals surface area contributed by atoms with Gasteiger partial charge in [0.05, 0.1) is 11.8 Å². The number of carbonyl (C=O) groups excluding carboxylic acids is 1. The maximum atomic E-state index is 12.6. The molecule has 0 atom stereocenters. The first-order valence-electron chi connectivity index (χ1n) is 7.10. The van der Waals surface area contributed by atoms with Gasteiger partial charge in [-0.05, 0) is 18.9 Å². The number of carbonyl (C=O) groups is 1. The van der Waals surface area contributed by atoms with Crippen molar-refractivity contribution >= 4 is 17.7 Å². The number of hydrogen-bond donors (Lipinski definition) is 1. The van der Waals surface area contributed by atoms with E-state index in [0.717, 1.165) is 43.3 Å². The number of thioether (sulfide) groups is 1. The van der Waals surface area contributed by atoms with Crippen molar-refractivity contribution in [2.75, 3.05) is 5.75 Å². The van der Waals surface area contributed by atoms with Gasteiger partial charge in [-0.3, -0.25) is 4.79 Å². The number of aromatic nitrogens is 2. The van der Waals surface area contributed by atoms with Crippen LogP contribution in [0.2, 0.25) is 0 Å². The van der Waals surface area contributed by atoms with Crippen LogP contribution in [0.25, 0.3) is 0 Å². The fourth-order valence-electron chi connectivity index (χ4n) is 2.42. The van der Waals surface area contributed by atoms with Crippen LogP contribution in [0.4, 0.5) is 13.2 Å². The third-order valence-corrected chi connectivity index (χ3v) is 4.42. The van der Waals surface area contributed by atoms with E-state index >= 15 is 0 Å². The van der Waals surface area contributed by atoms with Crippen LogP contribution in [-0.4, -0.2) is 27.2 Å². The zero-order chi connectivity index (χ0) is 16.9. The Morgan fingerprint density at radius 2 is 2.09 bits per heavy atom. The van der Waals surface area contributed by atoms with Crippen molar-refractivity contribution in [3.05, 3.63) is 18.0 Å². The number of amides is 1. The molecule has 0 aromatic carbocycles. The van der Waals surface area contributed by atoms with E-state index in [1.807, 2.05) is 0 Å². The van der Waals surface area contributed by atoms with Crippen LogP contribution in [0.15, 0.2) is 17.4 Å². The van der Waals surface area contributed by atoms with E-state index in [0.29, 0.717) is 12.8 Å². The molecule has 0 radical (unpaired) electrons. The molecule has 23 heavy (non-hydrogen) atoms. The van der Waals surface area contributed by atoms with E-state index in [9.17, 15) is 23.2 Å². The normalized spacial score (nSPS) is 17.3. The molecular weight excluding hydrogens is 329 g/mol. The Kier molecular flexibility index (Phi) is 5.46. The van der Waals surface area contributed by atoms with Gasteiger partial charge in [-0.15, -0.1) is 0 Å². The number of rotatable bonds is 4. The van der Waals surface area contributed by atoms with Crippen LogP contribution in [0, 0.1) is 11.3 Å². The average Bonchev–Trinajstić information content (AvgIpc) is 2.53. The fraction of sp³-hybridized carbons (Fsp3) is 0.571. The Morgan fingerprint density at radius 3 is 2.70 bits per heavy atom. The lowest BCUT2D eigenvalue weighted by Gasteiger charge is -2.31. The molecule has 1 aliphatic carbocycles. The van der Waals surface area contributed by atoms with Crippen LogP contribution in [0.5, 0.6) is 0 Å². The first kappa shape index (κ1) is 17.5. The third-order valence-electron chi connectivity index (χ3n) is 3.56. The van der Waals surface area contributed by atoms with Crippen molar-refractivity contribution in [3.63, 3.8) is 0 Å². The first-order valence-corrected chi connectivity index (χ1v) is 8.08. The number of nitrogens with zero attached hydrogens (tertiary/aromatic N) is 3. The molecule has 1 fully saturated rings. The predicted molar refractivity (Wildman–Crippen MR) is 77.3 cm³/mol. The highest BCUT2D eigenvalue weighted by atomic mass is 32.2. The number of hydrogen-bond acceptors (Lipinski definition) is 5. The molecule has 9 heteroatoms. The van der Waals surface area contributed by atoms with Gasteiger partial charge in [0.25, 0.3) is 0 Å². The summed E-state index contributed by atoms with van der Waals surface area (Å²) in [6, 6.07) is 2.93. The van der Waals surface area contributed by atoms with Crippen molar-refractivity contribution in [3.8, 4) is 6.07 Å². The molecule has 124 valence electrons. The zero-order valence-electron chi connectivity index (χ0n) is 12.2. The van der Waals surface area contributed by atoms with E-state index in [2.05, 4.69) is 21.4 Å². The lowest BCUT2D eigenvalue weighted by Crippen LogP contribution is -2.49. The molecule has 0 aliphatic heterocycles. The Morgan fingerprint density at radius 1 is 1.39 bits per heavy atom. The predicted octanol–water partition coefficient (Wildman–Crippen LogP) is 2.93. The summed E-state index contributed by atoms with van der Waals surface area (Å²) in [7, 11) is 0. The van der Waals surface area contributed by atoms with Gasteiger partial charge in [-0.25, -0.2) is 9.97 Å². The van der Waals surface area contributed by atoms with Crippen LogP contribution >= 0.6 is 11.8 Å². The van der Waals surface area contributed by atoms with Crippen molar-refractivity contribution in [1.82, 2.24) is 15.3 Å². The van der Waals surface area contributed by atoms with E-state index in [4.69, 9.17) is 0 Å². The molecule has 1 aromatic heterocycles. The van der Waals surface area contributed by atoms with Crippen LogP contribution < -0.4 is 5.32 Å². The first-order chi connectivity index (χ1) is 10.8. The van der Waals surface area contributed by atoms with E-state index in [1.54, 1.807) is 0 Å². The Labute approximate surface area is 135 Å². The van der Waals surface area contributed by atoms with Gasteiger partial charge in [0.1, 0.15) is 11.2 Å². The summed E-state index contributed by atoms with van der Waals surface area (Å²) in [5, 5.41) is 11.9. The Balaban J connectivity index is 1.93. The van der Waals surface area contributed by atoms with Crippen LogP contribution in [0.3, 0.4) is 0 Å². The lowest BCUT2D eigenvalue weighted by molar-refractivity contribution is -0.141. The molecule has 1 aromatic rings. The average molecular weight is 344 g/mol. The standard InChI is InChI=1S/C14H15F3N4OS/c15-14(16,17)10-4-7-19-12(20-10)23-8-11(22)21-13(9-18)5-2-1-3-6-13/h4,7H,1-3,5-6,8H2,(H,21,22). The van der Waals surface area contributed by atoms with E-state index < -0.39 is 23.3 Å². The summed E-state index contributed by atoms with van der Waals surface area (Å²) in [6.07, 6.45) is 0.433. The van der Waals surface area contributed by atoms with Gasteiger partial charge < -0.3 is 5.32 Å². The monoisotopic (exact) mass is 344 g/mol. The summed E-state index contributed by atoms with van der Waals surface area (Å²) in [4.78, 5) is 19.1. The molecule has 0 bridgehead atoms. The third kappa shape index (κ3) is 4.82. The summed E-state index contributed by atoms with van der Waals surface area (Å²) in [6.45, 7) is 0. The highest BCUT2D eigenvalue weighted by Gasteiger charge is 2.34. The molecule has 1 heterocycles. The molecule has 1 aliphatic rings. The maximum absolute atomic E-state index is 12.6. The minimum atomic E-state index is -4.55. The number of nitriles is 1. The molecule has 0 saturated heterocycles. The largest absolute Gasteiger partial charge is 0.433 e. The van der Waals surface area contributed by atoms with E-state index in [-0.39, 0.29) is 10.9 Å². The van der Waals surface area contributed by atoms with Crippen molar-refractivity contribution in [2.45, 2.75) is 49.0 Å². The Bertz CT molecular complexity index is 609. The summed E-state index contributed by atoms with van der Waals surface area (Å²) in [5.74, 6) is -0.537. The zero-order valence-corrected chi connectivity index (χ0v) is 13.0. The van der Waals surface area contributed by atoms with Crippen LogP contribution in [-0.2, 0) is 11.0 Å². The minimum Gasteiger partial charge on any atom is -0.337 e. The fourth-order valence-corrected chi connectivity index (χ4v) is 3.05. The summed E-state index contributed by atoms with van der Waals surface area (Å²) >= 11 is 0.813. The second-order valence-corrected chi connectivity index (χ2v) is 6.26. The lowest BCUT2D eigenvalue weighted by atomic mass is 9.83. The molecule has 2 rings (SSSR count). The van der Waals surface area contributed by atoms with Crippen molar-refractivity contribution in [2.24, 2.45) is 0 Å². The minimum absolute atomic E-state index is 0.121. The van der Waals surface area contributed by atoms with Gasteiger partial charge in [0.15, 0.2) is 5.16 Å². The second-order valence-electron chi connectivity index (χ2n) is 5.31. The van der Waals surface area contributed by atoms with Gasteiger partial charge in [0, 0.05) is 6.20 Å². The highest BCUT2D eigenvalue weighted by Crippen LogP contribution is 2.29. The van der Waals surface area contributed by atoms with Crippen LogP contribution in [0.1, 0.15) is 37.8 Å². The summed E-state index contributed by atoms with van der Waals surface area (Å²) in [5.41, 5.74) is -1.90. The number of nitrogens with one attached hydrogen (secondary N) is 1. The molecule has 5 nitrogen and oxygen atoms in total. The van der Waals surface area contributed by atoms with Gasteiger partial charge in [-0.2, -0.15) is 18.4 Å². The topological polar surface area (TPSA) is 78.7 Å². The second kappa shape index (κ2) is 7.17. The Hall–Kier alpha value is -1.82. The van der Waals surface area contributed by atoms with Crippen molar-refractivity contribution in [1.29, 1.82) is 5.26 Å². The van der Waals surface area contributed by atoms with Crippen molar-refractivity contribution < 1.29 is 18.0 Å². The quantitative estimate of drug-likeness (QED) is 0.671. The smallest absolute Gasteiger partial charge is 0.337 e. The van der Waals surface area contributed by atoms with E-state index in [1.165, 1.54) is 0 Å². The van der Waals surface area contributed by atoms with Gasteiger partial charge in [-0.1, -0.05) is 31.0 Å². The summed E-state index contributed by atoms with van der Waals surface area (Å²) < 4.78 is 37.7. The molecule has 1 amide bonds. The molecule has 1 N–H and O–H groups in total. The van der Waals surface area contributed by atoms with Gasteiger partial charge in [0.2, 0.25) is 5.91 Å². The van der Waals surface area contributed by atoms with Gasteiger partial charge >= 0.3 is 6.18 Å². The molecule has 1 saturated carbocycles. The molecule has 0 unspecified atom stereocenters. The SMILES string of the molecule is N#CC1(NC(=O)CSc2nccc(C(F)(F)F)n2)CCCCC1. The highest BCUT2D eigenvalue weighted by molar-refractivity contribution is 7.99. The number of alkyl halides is 3.